The van der Waals surface area contributed by atoms with Crippen LogP contribution < -0.4 is 5.73 Å². The van der Waals surface area contributed by atoms with E-state index in [-0.39, 0.29) is 0 Å². The molecule has 18 heavy (non-hydrogen) atoms. The Morgan fingerprint density at radius 2 is 1.50 bits per heavy atom. The highest BCUT2D eigenvalue weighted by molar-refractivity contribution is 14.1. The van der Waals surface area contributed by atoms with Crippen molar-refractivity contribution in [2.45, 2.75) is 51.4 Å². The second-order valence-electron chi connectivity index (χ2n) is 5.78. The molecule has 1 fully saturated rings. The van der Waals surface area contributed by atoms with Crippen LogP contribution in [0, 0.1) is 8.99 Å². The van der Waals surface area contributed by atoms with Gasteiger partial charge in [0.2, 0.25) is 0 Å². The van der Waals surface area contributed by atoms with Crippen molar-refractivity contribution >= 4 is 22.6 Å². The maximum Gasteiger partial charge on any atom is 0.0130 e. The molecule has 1 saturated carbocycles. The van der Waals surface area contributed by atoms with E-state index in [1.165, 1.54) is 60.5 Å². The first-order valence-electron chi connectivity index (χ1n) is 7.19. The highest BCUT2D eigenvalue weighted by Crippen LogP contribution is 2.36. The van der Waals surface area contributed by atoms with E-state index in [1.54, 1.807) is 0 Å². The first kappa shape index (κ1) is 14.3. The van der Waals surface area contributed by atoms with Crippen LogP contribution in [0.1, 0.15) is 50.5 Å². The van der Waals surface area contributed by atoms with Crippen LogP contribution in [0.2, 0.25) is 0 Å². The molecular weight excluding hydrogens is 333 g/mol. The monoisotopic (exact) mass is 357 g/mol. The van der Waals surface area contributed by atoms with Crippen molar-refractivity contribution in [3.63, 3.8) is 0 Å². The number of rotatable bonds is 3. The van der Waals surface area contributed by atoms with Gasteiger partial charge >= 0.3 is 0 Å². The first-order valence-corrected chi connectivity index (χ1v) is 8.27. The zero-order chi connectivity index (χ0) is 12.8. The molecule has 0 atom stereocenters. The average Bonchev–Trinajstić information content (AvgIpc) is 2.36. The molecule has 2 heteroatoms. The molecule has 0 aromatic heterocycles. The molecule has 1 aromatic carbocycles. The Morgan fingerprint density at radius 3 is 2.06 bits per heavy atom. The lowest BCUT2D eigenvalue weighted by Gasteiger charge is -2.34. The molecule has 1 aliphatic carbocycles. The predicted octanol–water partition coefficient (Wildman–Crippen LogP) is 4.52. The predicted molar refractivity (Wildman–Crippen MR) is 86.7 cm³/mol. The molecule has 0 amide bonds. The van der Waals surface area contributed by atoms with Gasteiger partial charge in [0.1, 0.15) is 0 Å². The lowest BCUT2D eigenvalue weighted by atomic mass is 9.72. The van der Waals surface area contributed by atoms with Crippen molar-refractivity contribution in [2.75, 3.05) is 6.54 Å². The Kier molecular flexibility index (Phi) is 5.49. The smallest absolute Gasteiger partial charge is 0.0130 e. The van der Waals surface area contributed by atoms with Gasteiger partial charge in [-0.3, -0.25) is 0 Å². The fourth-order valence-corrected chi connectivity index (χ4v) is 3.50. The van der Waals surface area contributed by atoms with Gasteiger partial charge in [0.15, 0.2) is 0 Å². The van der Waals surface area contributed by atoms with Crippen molar-refractivity contribution in [3.8, 4) is 0 Å². The maximum absolute atomic E-state index is 6.13. The van der Waals surface area contributed by atoms with Crippen molar-refractivity contribution < 1.29 is 0 Å². The standard InChI is InChI=1S/C16H24IN/c17-15-8-6-14(7-9-15)12-16(13-18)10-4-2-1-3-5-11-16/h6-9H,1-5,10-13,18H2. The lowest BCUT2D eigenvalue weighted by Crippen LogP contribution is -2.33. The third-order valence-corrected chi connectivity index (χ3v) is 5.06. The highest BCUT2D eigenvalue weighted by atomic mass is 127. The van der Waals surface area contributed by atoms with Gasteiger partial charge < -0.3 is 5.73 Å². The number of nitrogens with two attached hydrogens (primary N) is 1. The molecule has 100 valence electrons. The van der Waals surface area contributed by atoms with E-state index >= 15 is 0 Å². The second-order valence-corrected chi connectivity index (χ2v) is 7.02. The molecule has 2 rings (SSSR count). The van der Waals surface area contributed by atoms with Gasteiger partial charge in [0, 0.05) is 3.57 Å². The summed E-state index contributed by atoms with van der Waals surface area (Å²) in [7, 11) is 0. The Bertz CT molecular complexity index is 350. The average molecular weight is 357 g/mol. The van der Waals surface area contributed by atoms with E-state index in [9.17, 15) is 0 Å². The largest absolute Gasteiger partial charge is 0.330 e. The van der Waals surface area contributed by atoms with Crippen LogP contribution >= 0.6 is 22.6 Å². The van der Waals surface area contributed by atoms with Gasteiger partial charge in [0.25, 0.3) is 0 Å². The summed E-state index contributed by atoms with van der Waals surface area (Å²) < 4.78 is 1.32. The van der Waals surface area contributed by atoms with Gasteiger partial charge in [-0.1, -0.05) is 44.2 Å². The fraction of sp³-hybridized carbons (Fsp3) is 0.625. The summed E-state index contributed by atoms with van der Waals surface area (Å²) in [6.07, 6.45) is 10.7. The summed E-state index contributed by atoms with van der Waals surface area (Å²) >= 11 is 2.37. The Morgan fingerprint density at radius 1 is 0.944 bits per heavy atom. The van der Waals surface area contributed by atoms with E-state index in [2.05, 4.69) is 46.9 Å². The van der Waals surface area contributed by atoms with Gasteiger partial charge in [-0.15, -0.1) is 0 Å². The molecule has 0 aliphatic heterocycles. The summed E-state index contributed by atoms with van der Waals surface area (Å²) in [4.78, 5) is 0. The summed E-state index contributed by atoms with van der Waals surface area (Å²) in [5.41, 5.74) is 7.96. The van der Waals surface area contributed by atoms with E-state index in [0.717, 1.165) is 6.54 Å². The van der Waals surface area contributed by atoms with Crippen molar-refractivity contribution in [3.05, 3.63) is 33.4 Å². The lowest BCUT2D eigenvalue weighted by molar-refractivity contribution is 0.217. The van der Waals surface area contributed by atoms with Crippen LogP contribution in [0.15, 0.2) is 24.3 Å². The topological polar surface area (TPSA) is 26.0 Å². The molecule has 0 bridgehead atoms. The van der Waals surface area contributed by atoms with Gasteiger partial charge in [-0.2, -0.15) is 0 Å². The summed E-state index contributed by atoms with van der Waals surface area (Å²) in [5.74, 6) is 0. The summed E-state index contributed by atoms with van der Waals surface area (Å²) in [6.45, 7) is 0.846. The molecule has 2 N–H and O–H groups in total. The Labute approximate surface area is 125 Å². The van der Waals surface area contributed by atoms with Gasteiger partial charge in [-0.05, 0) is 71.5 Å². The van der Waals surface area contributed by atoms with E-state index in [4.69, 9.17) is 5.73 Å². The van der Waals surface area contributed by atoms with Crippen LogP contribution in [-0.4, -0.2) is 6.54 Å². The Hall–Kier alpha value is -0.0900. The number of halogens is 1. The van der Waals surface area contributed by atoms with Crippen molar-refractivity contribution in [2.24, 2.45) is 11.1 Å². The van der Waals surface area contributed by atoms with Gasteiger partial charge in [0.05, 0.1) is 0 Å². The van der Waals surface area contributed by atoms with Crippen molar-refractivity contribution in [1.29, 1.82) is 0 Å². The van der Waals surface area contributed by atoms with E-state index in [1.807, 2.05) is 0 Å². The minimum absolute atomic E-state index is 0.368. The van der Waals surface area contributed by atoms with E-state index in [0.29, 0.717) is 5.41 Å². The molecular formula is C16H24IN. The molecule has 1 aliphatic rings. The van der Waals surface area contributed by atoms with Crippen molar-refractivity contribution in [1.82, 2.24) is 0 Å². The van der Waals surface area contributed by atoms with Crippen LogP contribution in [-0.2, 0) is 6.42 Å². The maximum atomic E-state index is 6.13. The zero-order valence-corrected chi connectivity index (χ0v) is 13.3. The fourth-order valence-electron chi connectivity index (χ4n) is 3.14. The Balaban J connectivity index is 2.07. The first-order chi connectivity index (χ1) is 8.74. The minimum atomic E-state index is 0.368. The SMILES string of the molecule is NCC1(Cc2ccc(I)cc2)CCCCCCC1. The molecule has 1 aromatic rings. The number of hydrogen-bond donors (Lipinski definition) is 1. The molecule has 0 saturated heterocycles. The molecule has 0 heterocycles. The van der Waals surface area contributed by atoms with Gasteiger partial charge in [-0.25, -0.2) is 0 Å². The van der Waals surface area contributed by atoms with Crippen LogP contribution in [0.5, 0.6) is 0 Å². The number of benzene rings is 1. The third kappa shape index (κ3) is 3.95. The third-order valence-electron chi connectivity index (χ3n) is 4.34. The highest BCUT2D eigenvalue weighted by Gasteiger charge is 2.28. The molecule has 1 nitrogen and oxygen atoms in total. The minimum Gasteiger partial charge on any atom is -0.330 e. The normalized spacial score (nSPS) is 20.1. The van der Waals surface area contributed by atoms with Crippen LogP contribution in [0.25, 0.3) is 0 Å². The molecule has 0 radical (unpaired) electrons. The van der Waals surface area contributed by atoms with Crippen LogP contribution in [0.4, 0.5) is 0 Å². The van der Waals surface area contributed by atoms with Crippen LogP contribution in [0.3, 0.4) is 0 Å². The van der Waals surface area contributed by atoms with E-state index < -0.39 is 0 Å². The molecule has 0 spiro atoms. The quantitative estimate of drug-likeness (QED) is 0.791. The summed E-state index contributed by atoms with van der Waals surface area (Å²) in [5, 5.41) is 0. The second kappa shape index (κ2) is 6.90. The molecule has 0 unspecified atom stereocenters. The summed E-state index contributed by atoms with van der Waals surface area (Å²) in [6, 6.07) is 8.97. The number of hydrogen-bond acceptors (Lipinski definition) is 1. The zero-order valence-electron chi connectivity index (χ0n) is 11.1.